The van der Waals surface area contributed by atoms with E-state index in [1.165, 1.54) is 28.0 Å². The number of carbonyl (C=O) groups is 2. The Bertz CT molecular complexity index is 2770. The fraction of sp³-hybridized carbons (Fsp3) is 0.222. The molecule has 3 atom stereocenters. The predicted octanol–water partition coefficient (Wildman–Crippen LogP) is 8.46. The molecule has 2 N–H and O–H groups in total. The van der Waals surface area contributed by atoms with Gasteiger partial charge in [-0.2, -0.15) is 4.98 Å². The lowest BCUT2D eigenvalue weighted by atomic mass is 9.80. The molecule has 1 aliphatic carbocycles. The van der Waals surface area contributed by atoms with Crippen molar-refractivity contribution in [2.45, 2.75) is 49.2 Å². The summed E-state index contributed by atoms with van der Waals surface area (Å²) in [5.74, 6) is 0.684. The zero-order valence-corrected chi connectivity index (χ0v) is 36.5. The van der Waals surface area contributed by atoms with Gasteiger partial charge in [-0.15, -0.1) is 0 Å². The second-order valence-corrected chi connectivity index (χ2v) is 16.3. The first-order valence-electron chi connectivity index (χ1n) is 21.9. The second kappa shape index (κ2) is 19.4. The van der Waals surface area contributed by atoms with Gasteiger partial charge in [0, 0.05) is 30.5 Å². The fourth-order valence-corrected chi connectivity index (χ4v) is 8.96. The van der Waals surface area contributed by atoms with E-state index in [-0.39, 0.29) is 43.8 Å². The summed E-state index contributed by atoms with van der Waals surface area (Å²) in [6.07, 6.45) is -0.375. The highest BCUT2D eigenvalue weighted by Crippen LogP contribution is 2.45. The van der Waals surface area contributed by atoms with Crippen LogP contribution in [0.5, 0.6) is 11.5 Å². The fourth-order valence-electron chi connectivity index (χ4n) is 8.96. The van der Waals surface area contributed by atoms with Crippen LogP contribution in [0.4, 0.5) is 5.82 Å². The molecule has 6 aromatic carbocycles. The van der Waals surface area contributed by atoms with E-state index in [0.29, 0.717) is 23.5 Å². The highest BCUT2D eigenvalue weighted by Gasteiger charge is 2.42. The number of methoxy groups -OCH3 is 2. The van der Waals surface area contributed by atoms with Crippen LogP contribution < -0.4 is 20.5 Å². The number of benzene rings is 6. The maximum atomic E-state index is 13.4. The highest BCUT2D eigenvalue weighted by molar-refractivity contribution is 6.03. The zero-order valence-electron chi connectivity index (χ0n) is 36.5. The molecular formula is C54H49N3O9. The Labute approximate surface area is 382 Å². The molecule has 9 rings (SSSR count). The van der Waals surface area contributed by atoms with Crippen molar-refractivity contribution in [3.05, 3.63) is 213 Å². The van der Waals surface area contributed by atoms with E-state index in [1.54, 1.807) is 38.5 Å². The summed E-state index contributed by atoms with van der Waals surface area (Å²) < 4.78 is 31.2. The molecule has 12 heteroatoms. The Morgan fingerprint density at radius 3 is 1.89 bits per heavy atom. The number of aryl methyl sites for hydroxylation is 1. The number of amides is 1. The molecule has 1 amide bonds. The third-order valence-corrected chi connectivity index (χ3v) is 12.4. The van der Waals surface area contributed by atoms with Gasteiger partial charge in [0.25, 0.3) is 5.91 Å². The maximum absolute atomic E-state index is 13.4. The molecule has 0 radical (unpaired) electrons. The van der Waals surface area contributed by atoms with Crippen LogP contribution in [0.2, 0.25) is 0 Å². The van der Waals surface area contributed by atoms with Crippen LogP contribution in [-0.2, 0) is 31.0 Å². The van der Waals surface area contributed by atoms with E-state index in [4.69, 9.17) is 23.7 Å². The topological polar surface area (TPSA) is 147 Å². The lowest BCUT2D eigenvalue weighted by Crippen LogP contribution is -2.38. The Balaban J connectivity index is 0.814. The van der Waals surface area contributed by atoms with Gasteiger partial charge in [0.2, 0.25) is 0 Å². The molecule has 12 nitrogen and oxygen atoms in total. The molecule has 1 aromatic heterocycles. The molecule has 0 bridgehead atoms. The van der Waals surface area contributed by atoms with Crippen molar-refractivity contribution in [2.24, 2.45) is 0 Å². The van der Waals surface area contributed by atoms with Crippen LogP contribution >= 0.6 is 0 Å². The number of carbonyl (C=O) groups excluding carboxylic acids is 2. The summed E-state index contributed by atoms with van der Waals surface area (Å²) in [5, 5.41) is 14.0. The predicted molar refractivity (Wildman–Crippen MR) is 249 cm³/mol. The number of nitrogens with one attached hydrogen (secondary N) is 1. The van der Waals surface area contributed by atoms with Gasteiger partial charge < -0.3 is 34.1 Å². The lowest BCUT2D eigenvalue weighted by Gasteiger charge is -2.37. The van der Waals surface area contributed by atoms with Gasteiger partial charge >= 0.3 is 11.7 Å². The van der Waals surface area contributed by atoms with E-state index < -0.39 is 35.6 Å². The number of hydrogen-bond donors (Lipinski definition) is 2. The Kier molecular flexibility index (Phi) is 12.9. The van der Waals surface area contributed by atoms with Crippen LogP contribution in [-0.4, -0.2) is 66.2 Å². The van der Waals surface area contributed by atoms with Crippen LogP contribution in [0.25, 0.3) is 11.1 Å². The summed E-state index contributed by atoms with van der Waals surface area (Å²) in [6, 6.07) is 49.9. The molecule has 1 saturated heterocycles. The molecule has 1 fully saturated rings. The standard InChI is InChI=1S/C54H49N3O9/c1-62-40-25-21-38(22-26-40)54(37-10-4-3-5-11-37,39-23-27-41(63-2)28-24-39)65-34-48-47(58)32-50(66-48)57-31-30-49(56-53(57)61)55-52(60)36-19-16-35(17-20-36)18-29-51(59)64-33-46-44-14-8-6-12-42(44)43-13-7-9-15-45(43)46/h3-17,19-28,30-31,46-48,50,58H,18,29,32-34H2,1-2H3,(H,55,56,60,61)/t47-,48-,50-/m1/s1. The van der Waals surface area contributed by atoms with Gasteiger partial charge in [-0.25, -0.2) is 4.79 Å². The monoisotopic (exact) mass is 883 g/mol. The minimum absolute atomic E-state index is 0.00634. The quantitative estimate of drug-likeness (QED) is 0.0716. The average molecular weight is 884 g/mol. The summed E-state index contributed by atoms with van der Waals surface area (Å²) in [6.45, 7) is 0.235. The molecular weight excluding hydrogens is 835 g/mol. The van der Waals surface area contributed by atoms with Gasteiger partial charge in [0.1, 0.15) is 41.9 Å². The van der Waals surface area contributed by atoms with Gasteiger partial charge in [-0.3, -0.25) is 14.2 Å². The molecule has 0 spiro atoms. The summed E-state index contributed by atoms with van der Waals surface area (Å²) in [5.41, 5.74) is 6.60. The lowest BCUT2D eigenvalue weighted by molar-refractivity contribution is -0.143. The molecule has 0 unspecified atom stereocenters. The number of anilines is 1. The van der Waals surface area contributed by atoms with Crippen molar-refractivity contribution < 1.29 is 38.4 Å². The first-order valence-corrected chi connectivity index (χ1v) is 21.9. The minimum atomic E-state index is -1.13. The molecule has 1 aliphatic heterocycles. The normalized spacial score (nSPS) is 16.6. The van der Waals surface area contributed by atoms with Crippen molar-refractivity contribution in [1.29, 1.82) is 0 Å². The molecule has 334 valence electrons. The van der Waals surface area contributed by atoms with Crippen LogP contribution in [0.1, 0.15) is 68.7 Å². The SMILES string of the molecule is COc1ccc(C(OC[C@H]2O[C@@H](n3ccc(NC(=O)c4ccc(CCC(=O)OCC5c6ccccc6-c6ccccc65)cc4)nc3=O)C[C@H]2O)(c2ccccc2)c2ccc(OC)cc2)cc1. The number of esters is 1. The maximum Gasteiger partial charge on any atom is 0.351 e. The third kappa shape index (κ3) is 8.99. The van der Waals surface area contributed by atoms with E-state index in [9.17, 15) is 19.5 Å². The first kappa shape index (κ1) is 43.9. The Morgan fingerprint density at radius 1 is 0.727 bits per heavy atom. The smallest absolute Gasteiger partial charge is 0.351 e. The van der Waals surface area contributed by atoms with Crippen molar-refractivity contribution in [2.75, 3.05) is 32.8 Å². The third-order valence-electron chi connectivity index (χ3n) is 12.4. The minimum Gasteiger partial charge on any atom is -0.497 e. The Morgan fingerprint density at radius 2 is 1.30 bits per heavy atom. The first-order chi connectivity index (χ1) is 32.2. The number of aromatic nitrogens is 2. The summed E-state index contributed by atoms with van der Waals surface area (Å²) in [4.78, 5) is 43.6. The van der Waals surface area contributed by atoms with Crippen molar-refractivity contribution >= 4 is 17.7 Å². The van der Waals surface area contributed by atoms with Crippen molar-refractivity contribution in [3.63, 3.8) is 0 Å². The Hall–Kier alpha value is -7.38. The van der Waals surface area contributed by atoms with Crippen LogP contribution in [0, 0.1) is 0 Å². The zero-order chi connectivity index (χ0) is 45.6. The highest BCUT2D eigenvalue weighted by atomic mass is 16.6. The van der Waals surface area contributed by atoms with Gasteiger partial charge in [-0.05, 0) is 93.4 Å². The largest absolute Gasteiger partial charge is 0.497 e. The van der Waals surface area contributed by atoms with E-state index in [1.807, 2.05) is 103 Å². The molecule has 0 saturated carbocycles. The van der Waals surface area contributed by atoms with Crippen LogP contribution in [0.3, 0.4) is 0 Å². The number of nitrogens with zero attached hydrogens (tertiary/aromatic N) is 2. The number of fused-ring (bicyclic) bond motifs is 3. The number of aliphatic hydroxyl groups excluding tert-OH is 1. The van der Waals surface area contributed by atoms with E-state index in [2.05, 4.69) is 34.6 Å². The van der Waals surface area contributed by atoms with Gasteiger partial charge in [0.15, 0.2) is 0 Å². The molecule has 2 aliphatic rings. The second-order valence-electron chi connectivity index (χ2n) is 16.3. The summed E-state index contributed by atoms with van der Waals surface area (Å²) >= 11 is 0. The molecule has 66 heavy (non-hydrogen) atoms. The van der Waals surface area contributed by atoms with Gasteiger partial charge in [0.05, 0.1) is 26.9 Å². The van der Waals surface area contributed by atoms with Crippen LogP contribution in [0.15, 0.2) is 169 Å². The van der Waals surface area contributed by atoms with Gasteiger partial charge in [-0.1, -0.05) is 115 Å². The molecule has 2 heterocycles. The van der Waals surface area contributed by atoms with Crippen molar-refractivity contribution in [1.82, 2.24) is 9.55 Å². The van der Waals surface area contributed by atoms with E-state index >= 15 is 0 Å². The average Bonchev–Trinajstić information content (AvgIpc) is 3.90. The number of rotatable bonds is 16. The summed E-state index contributed by atoms with van der Waals surface area (Å²) in [7, 11) is 3.22. The van der Waals surface area contributed by atoms with Crippen molar-refractivity contribution in [3.8, 4) is 22.6 Å². The number of aliphatic hydroxyl groups is 1. The number of hydrogen-bond acceptors (Lipinski definition) is 10. The molecule has 7 aromatic rings. The van der Waals surface area contributed by atoms with E-state index in [0.717, 1.165) is 33.4 Å². The number of ether oxygens (including phenoxy) is 5.